The van der Waals surface area contributed by atoms with Gasteiger partial charge in [0.05, 0.1) is 19.8 Å². The highest BCUT2D eigenvalue weighted by molar-refractivity contribution is 7.99. The molecule has 4 heteroatoms. The highest BCUT2D eigenvalue weighted by Gasteiger charge is 1.89. The number of hydrogen-bond acceptors (Lipinski definition) is 4. The Labute approximate surface area is 78.4 Å². The Morgan fingerprint density at radius 3 is 2.67 bits per heavy atom. The molecule has 0 radical (unpaired) electrons. The summed E-state index contributed by atoms with van der Waals surface area (Å²) >= 11 is 1.76. The molecule has 0 amide bonds. The van der Waals surface area contributed by atoms with Crippen LogP contribution in [-0.4, -0.2) is 50.1 Å². The van der Waals surface area contributed by atoms with E-state index in [2.05, 4.69) is 0 Å². The number of thioether (sulfide) groups is 1. The van der Waals surface area contributed by atoms with Gasteiger partial charge in [-0.05, 0) is 12.2 Å². The van der Waals surface area contributed by atoms with Gasteiger partial charge in [0.25, 0.3) is 0 Å². The first-order valence-electron chi connectivity index (χ1n) is 4.17. The quantitative estimate of drug-likeness (QED) is 0.550. The van der Waals surface area contributed by atoms with Crippen LogP contribution in [0, 0.1) is 0 Å². The molecule has 12 heavy (non-hydrogen) atoms. The summed E-state index contributed by atoms with van der Waals surface area (Å²) in [6.07, 6.45) is 1.05. The van der Waals surface area contributed by atoms with Crippen molar-refractivity contribution in [2.75, 3.05) is 45.0 Å². The summed E-state index contributed by atoms with van der Waals surface area (Å²) in [4.78, 5) is 0. The Morgan fingerprint density at radius 1 is 1.17 bits per heavy atom. The lowest BCUT2D eigenvalue weighted by molar-refractivity contribution is 0.0713. The summed E-state index contributed by atoms with van der Waals surface area (Å²) in [6.45, 7) is 2.42. The highest BCUT2D eigenvalue weighted by Crippen LogP contribution is 2.00. The average Bonchev–Trinajstić information content (AvgIpc) is 2.10. The first-order chi connectivity index (χ1) is 5.91. The molecule has 0 rings (SSSR count). The van der Waals surface area contributed by atoms with Crippen molar-refractivity contribution >= 4 is 11.8 Å². The molecule has 0 aromatic rings. The fraction of sp³-hybridized carbons (Fsp3) is 1.00. The summed E-state index contributed by atoms with van der Waals surface area (Å²) in [6, 6.07) is 0. The van der Waals surface area contributed by atoms with Gasteiger partial charge in [-0.3, -0.25) is 0 Å². The van der Waals surface area contributed by atoms with Crippen LogP contribution >= 0.6 is 11.8 Å². The van der Waals surface area contributed by atoms with E-state index in [1.807, 2.05) is 0 Å². The zero-order valence-electron chi connectivity index (χ0n) is 7.62. The topological polar surface area (TPSA) is 38.7 Å². The Kier molecular flexibility index (Phi) is 11.4. The summed E-state index contributed by atoms with van der Waals surface area (Å²) in [5.41, 5.74) is 0. The molecule has 0 bridgehead atoms. The predicted octanol–water partition coefficient (Wildman–Crippen LogP) is 0.765. The number of methoxy groups -OCH3 is 1. The first-order valence-corrected chi connectivity index (χ1v) is 5.32. The van der Waals surface area contributed by atoms with Crippen LogP contribution in [0.5, 0.6) is 0 Å². The van der Waals surface area contributed by atoms with Crippen LogP contribution in [0.3, 0.4) is 0 Å². The van der Waals surface area contributed by atoms with Crippen LogP contribution in [0.25, 0.3) is 0 Å². The normalized spacial score (nSPS) is 10.5. The molecule has 0 heterocycles. The van der Waals surface area contributed by atoms with Crippen LogP contribution in [-0.2, 0) is 9.47 Å². The maximum Gasteiger partial charge on any atom is 0.0700 e. The second-order valence-corrected chi connectivity index (χ2v) is 3.52. The molecule has 3 nitrogen and oxygen atoms in total. The molecule has 1 N–H and O–H groups in total. The Balaban J connectivity index is 2.73. The van der Waals surface area contributed by atoms with Crippen LogP contribution in [0.1, 0.15) is 6.42 Å². The third-order valence-electron chi connectivity index (χ3n) is 1.24. The predicted molar refractivity (Wildman–Crippen MR) is 51.7 cm³/mol. The van der Waals surface area contributed by atoms with E-state index in [1.54, 1.807) is 18.9 Å². The monoisotopic (exact) mass is 194 g/mol. The second-order valence-electron chi connectivity index (χ2n) is 2.29. The van der Waals surface area contributed by atoms with Crippen LogP contribution in [0.4, 0.5) is 0 Å². The lowest BCUT2D eigenvalue weighted by atomic mass is 10.5. The van der Waals surface area contributed by atoms with E-state index in [4.69, 9.17) is 14.6 Å². The van der Waals surface area contributed by atoms with E-state index < -0.39 is 0 Å². The maximum absolute atomic E-state index is 8.47. The highest BCUT2D eigenvalue weighted by atomic mass is 32.2. The van der Waals surface area contributed by atoms with Gasteiger partial charge in [-0.1, -0.05) is 0 Å². The standard InChI is InChI=1S/C8H18O3S/c1-10-5-6-11-4-2-7-12-8-3-9/h9H,2-8H2,1H3. The molecular formula is C8H18O3S. The first kappa shape index (κ1) is 12.2. The van der Waals surface area contributed by atoms with Crippen LogP contribution < -0.4 is 0 Å². The fourth-order valence-corrected chi connectivity index (χ4v) is 1.33. The van der Waals surface area contributed by atoms with E-state index in [9.17, 15) is 0 Å². The Bertz CT molecular complexity index is 70.7. The molecule has 0 atom stereocenters. The van der Waals surface area contributed by atoms with Gasteiger partial charge in [-0.2, -0.15) is 11.8 Å². The SMILES string of the molecule is COCCOCCCSCCO. The van der Waals surface area contributed by atoms with E-state index in [0.717, 1.165) is 24.5 Å². The molecular weight excluding hydrogens is 176 g/mol. The van der Waals surface area contributed by atoms with E-state index in [0.29, 0.717) is 13.2 Å². The third-order valence-corrected chi connectivity index (χ3v) is 2.29. The maximum atomic E-state index is 8.47. The molecule has 0 aliphatic heterocycles. The van der Waals surface area contributed by atoms with Gasteiger partial charge in [0, 0.05) is 19.5 Å². The van der Waals surface area contributed by atoms with Crippen molar-refractivity contribution in [2.24, 2.45) is 0 Å². The van der Waals surface area contributed by atoms with Crippen LogP contribution in [0.15, 0.2) is 0 Å². The number of aliphatic hydroxyl groups is 1. The van der Waals surface area contributed by atoms with Gasteiger partial charge in [-0.25, -0.2) is 0 Å². The number of hydrogen-bond donors (Lipinski definition) is 1. The Morgan fingerprint density at radius 2 is 2.00 bits per heavy atom. The fourth-order valence-electron chi connectivity index (χ4n) is 0.674. The van der Waals surface area contributed by atoms with Crippen molar-refractivity contribution in [3.05, 3.63) is 0 Å². The number of ether oxygens (including phenoxy) is 2. The van der Waals surface area contributed by atoms with E-state index in [-0.39, 0.29) is 6.61 Å². The van der Waals surface area contributed by atoms with Gasteiger partial charge in [0.2, 0.25) is 0 Å². The van der Waals surface area contributed by atoms with Crippen molar-refractivity contribution in [3.8, 4) is 0 Å². The molecule has 0 fully saturated rings. The minimum absolute atomic E-state index is 0.273. The molecule has 0 aromatic heterocycles. The molecule has 0 saturated carbocycles. The molecule has 74 valence electrons. The Hall–Kier alpha value is 0.230. The zero-order valence-corrected chi connectivity index (χ0v) is 8.44. The van der Waals surface area contributed by atoms with Gasteiger partial charge in [0.15, 0.2) is 0 Å². The average molecular weight is 194 g/mol. The lowest BCUT2D eigenvalue weighted by Gasteiger charge is -2.02. The van der Waals surface area contributed by atoms with Gasteiger partial charge in [0.1, 0.15) is 0 Å². The van der Waals surface area contributed by atoms with Gasteiger partial charge >= 0.3 is 0 Å². The summed E-state index contributed by atoms with van der Waals surface area (Å²) in [7, 11) is 1.67. The van der Waals surface area contributed by atoms with Crippen molar-refractivity contribution in [1.82, 2.24) is 0 Å². The van der Waals surface area contributed by atoms with Crippen LogP contribution in [0.2, 0.25) is 0 Å². The molecule has 0 aromatic carbocycles. The summed E-state index contributed by atoms with van der Waals surface area (Å²) in [5, 5.41) is 8.47. The number of aliphatic hydroxyl groups excluding tert-OH is 1. The van der Waals surface area contributed by atoms with E-state index in [1.165, 1.54) is 0 Å². The minimum atomic E-state index is 0.273. The molecule has 0 aliphatic carbocycles. The molecule has 0 spiro atoms. The molecule has 0 aliphatic rings. The van der Waals surface area contributed by atoms with Gasteiger partial charge < -0.3 is 14.6 Å². The molecule has 0 saturated heterocycles. The lowest BCUT2D eigenvalue weighted by Crippen LogP contribution is -2.03. The summed E-state index contributed by atoms with van der Waals surface area (Å²) < 4.78 is 10.1. The zero-order chi connectivity index (χ0) is 9.07. The number of rotatable bonds is 9. The second kappa shape index (κ2) is 11.2. The molecule has 0 unspecified atom stereocenters. The summed E-state index contributed by atoms with van der Waals surface area (Å²) in [5.74, 6) is 1.89. The van der Waals surface area contributed by atoms with E-state index >= 15 is 0 Å². The van der Waals surface area contributed by atoms with Gasteiger partial charge in [-0.15, -0.1) is 0 Å². The third kappa shape index (κ3) is 10.2. The van der Waals surface area contributed by atoms with Crippen molar-refractivity contribution in [1.29, 1.82) is 0 Å². The van der Waals surface area contributed by atoms with Crippen molar-refractivity contribution < 1.29 is 14.6 Å². The largest absolute Gasteiger partial charge is 0.396 e. The smallest absolute Gasteiger partial charge is 0.0700 e. The van der Waals surface area contributed by atoms with Crippen molar-refractivity contribution in [2.45, 2.75) is 6.42 Å². The minimum Gasteiger partial charge on any atom is -0.396 e. The van der Waals surface area contributed by atoms with Crippen molar-refractivity contribution in [3.63, 3.8) is 0 Å².